The van der Waals surface area contributed by atoms with Gasteiger partial charge in [0.2, 0.25) is 0 Å². The largest absolute Gasteiger partial charge is 0.507 e. The molecular formula is C20H24N2O2. The number of amides is 1. The molecule has 0 spiro atoms. The number of nitrogens with one attached hydrogen (secondary N) is 1. The Morgan fingerprint density at radius 2 is 1.92 bits per heavy atom. The molecule has 4 nitrogen and oxygen atoms in total. The topological polar surface area (TPSA) is 61.7 Å². The molecule has 0 heterocycles. The van der Waals surface area contributed by atoms with E-state index in [1.165, 1.54) is 6.42 Å². The average molecular weight is 324 g/mol. The third-order valence-corrected chi connectivity index (χ3v) is 4.59. The van der Waals surface area contributed by atoms with E-state index in [0.717, 1.165) is 29.3 Å². The van der Waals surface area contributed by atoms with Crippen LogP contribution in [0.25, 0.3) is 10.8 Å². The molecule has 1 saturated carbocycles. The lowest BCUT2D eigenvalue weighted by Gasteiger charge is -2.34. The van der Waals surface area contributed by atoms with Crippen molar-refractivity contribution >= 4 is 22.4 Å². The second kappa shape index (κ2) is 6.27. The first kappa shape index (κ1) is 16.5. The van der Waals surface area contributed by atoms with Crippen LogP contribution in [0.3, 0.4) is 0 Å². The molecule has 0 bridgehead atoms. The van der Waals surface area contributed by atoms with Crippen LogP contribution in [0.5, 0.6) is 5.75 Å². The van der Waals surface area contributed by atoms with E-state index in [-0.39, 0.29) is 22.6 Å². The van der Waals surface area contributed by atoms with Crippen LogP contribution in [0.4, 0.5) is 0 Å². The zero-order valence-electron chi connectivity index (χ0n) is 14.5. The van der Waals surface area contributed by atoms with Gasteiger partial charge in [0.1, 0.15) is 5.75 Å². The summed E-state index contributed by atoms with van der Waals surface area (Å²) in [5, 5.41) is 16.3. The number of phenols is 1. The summed E-state index contributed by atoms with van der Waals surface area (Å²) >= 11 is 0. The molecule has 0 radical (unpaired) electrons. The maximum absolute atomic E-state index is 12.4. The molecular weight excluding hydrogens is 300 g/mol. The van der Waals surface area contributed by atoms with Gasteiger partial charge in [-0.3, -0.25) is 4.79 Å². The highest BCUT2D eigenvalue weighted by Crippen LogP contribution is 2.36. The highest BCUT2D eigenvalue weighted by molar-refractivity contribution is 6.02. The maximum atomic E-state index is 12.4. The molecule has 1 aliphatic carbocycles. The standard InChI is InChI=1S/C20H24N2O2/c1-13-8-16(12-20(2,3)11-13)21-22-19(24)17-9-14-6-4-5-7-15(14)10-18(17)23/h4-7,9-10,13,23H,8,11-12H2,1-3H3,(H,22,24). The third kappa shape index (κ3) is 3.58. The fraction of sp³-hybridized carbons (Fsp3) is 0.400. The Morgan fingerprint density at radius 3 is 2.58 bits per heavy atom. The molecule has 2 N–H and O–H groups in total. The average Bonchev–Trinajstić information content (AvgIpc) is 2.50. The Labute approximate surface area is 142 Å². The van der Waals surface area contributed by atoms with E-state index in [0.29, 0.717) is 5.92 Å². The van der Waals surface area contributed by atoms with Crippen LogP contribution in [-0.4, -0.2) is 16.7 Å². The van der Waals surface area contributed by atoms with Gasteiger partial charge in [0.05, 0.1) is 5.56 Å². The van der Waals surface area contributed by atoms with Gasteiger partial charge in [0, 0.05) is 5.71 Å². The number of fused-ring (bicyclic) bond motifs is 1. The molecule has 24 heavy (non-hydrogen) atoms. The normalized spacial score (nSPS) is 21.8. The summed E-state index contributed by atoms with van der Waals surface area (Å²) in [6.07, 6.45) is 2.97. The van der Waals surface area contributed by atoms with Gasteiger partial charge in [-0.2, -0.15) is 5.10 Å². The van der Waals surface area contributed by atoms with E-state index in [1.54, 1.807) is 12.1 Å². The summed E-state index contributed by atoms with van der Waals surface area (Å²) in [7, 11) is 0. The molecule has 0 aliphatic heterocycles. The Kier molecular flexibility index (Phi) is 4.31. The van der Waals surface area contributed by atoms with E-state index >= 15 is 0 Å². The quantitative estimate of drug-likeness (QED) is 0.800. The highest BCUT2D eigenvalue weighted by atomic mass is 16.3. The van der Waals surface area contributed by atoms with Crippen LogP contribution in [0, 0.1) is 11.3 Å². The van der Waals surface area contributed by atoms with Crippen molar-refractivity contribution in [1.82, 2.24) is 5.43 Å². The van der Waals surface area contributed by atoms with Gasteiger partial charge in [-0.15, -0.1) is 0 Å². The van der Waals surface area contributed by atoms with Gasteiger partial charge in [0.25, 0.3) is 5.91 Å². The minimum Gasteiger partial charge on any atom is -0.507 e. The van der Waals surface area contributed by atoms with E-state index in [9.17, 15) is 9.90 Å². The van der Waals surface area contributed by atoms with E-state index in [4.69, 9.17) is 0 Å². The number of nitrogens with zero attached hydrogens (tertiary/aromatic N) is 1. The minimum atomic E-state index is -0.373. The molecule has 126 valence electrons. The van der Waals surface area contributed by atoms with Crippen LogP contribution in [0.2, 0.25) is 0 Å². The molecule has 0 aromatic heterocycles. The molecule has 1 fully saturated rings. The first-order valence-electron chi connectivity index (χ1n) is 8.42. The van der Waals surface area contributed by atoms with Crippen molar-refractivity contribution in [3.05, 3.63) is 42.0 Å². The zero-order chi connectivity index (χ0) is 17.3. The van der Waals surface area contributed by atoms with Crippen LogP contribution in [0.15, 0.2) is 41.5 Å². The van der Waals surface area contributed by atoms with Gasteiger partial charge in [-0.1, -0.05) is 45.0 Å². The van der Waals surface area contributed by atoms with Crippen molar-refractivity contribution < 1.29 is 9.90 Å². The Bertz CT molecular complexity index is 808. The molecule has 1 aliphatic rings. The van der Waals surface area contributed by atoms with Crippen LogP contribution < -0.4 is 5.43 Å². The van der Waals surface area contributed by atoms with Crippen molar-refractivity contribution in [3.63, 3.8) is 0 Å². The first-order valence-corrected chi connectivity index (χ1v) is 8.42. The summed E-state index contributed by atoms with van der Waals surface area (Å²) in [6.45, 7) is 6.68. The number of benzene rings is 2. The summed E-state index contributed by atoms with van der Waals surface area (Å²) in [5.74, 6) is 0.170. The molecule has 1 unspecified atom stereocenters. The Hall–Kier alpha value is -2.36. The van der Waals surface area contributed by atoms with E-state index in [1.807, 2.05) is 24.3 Å². The van der Waals surface area contributed by atoms with Crippen molar-refractivity contribution in [3.8, 4) is 5.75 Å². The molecule has 1 amide bonds. The summed E-state index contributed by atoms with van der Waals surface area (Å²) in [6, 6.07) is 11.0. The Morgan fingerprint density at radius 1 is 1.25 bits per heavy atom. The molecule has 3 rings (SSSR count). The third-order valence-electron chi connectivity index (χ3n) is 4.59. The fourth-order valence-corrected chi connectivity index (χ4v) is 3.80. The van der Waals surface area contributed by atoms with Crippen molar-refractivity contribution in [2.45, 2.75) is 40.0 Å². The van der Waals surface area contributed by atoms with Crippen LogP contribution in [-0.2, 0) is 0 Å². The lowest BCUT2D eigenvalue weighted by atomic mass is 9.72. The van der Waals surface area contributed by atoms with Gasteiger partial charge >= 0.3 is 0 Å². The zero-order valence-corrected chi connectivity index (χ0v) is 14.5. The predicted octanol–water partition coefficient (Wildman–Crippen LogP) is 4.48. The number of aromatic hydroxyl groups is 1. The van der Waals surface area contributed by atoms with Crippen molar-refractivity contribution in [2.24, 2.45) is 16.4 Å². The lowest BCUT2D eigenvalue weighted by molar-refractivity contribution is 0.0951. The summed E-state index contributed by atoms with van der Waals surface area (Å²) < 4.78 is 0. The maximum Gasteiger partial charge on any atom is 0.275 e. The molecule has 2 aromatic rings. The summed E-state index contributed by atoms with van der Waals surface area (Å²) in [5.41, 5.74) is 4.11. The number of hydrogen-bond donors (Lipinski definition) is 2. The summed E-state index contributed by atoms with van der Waals surface area (Å²) in [4.78, 5) is 12.4. The minimum absolute atomic E-state index is 0.0243. The molecule has 4 heteroatoms. The number of carbonyl (C=O) groups is 1. The number of phenolic OH excluding ortho intramolecular Hbond substituents is 1. The molecule has 1 atom stereocenters. The van der Waals surface area contributed by atoms with Gasteiger partial charge in [-0.05, 0) is 53.5 Å². The lowest BCUT2D eigenvalue weighted by Crippen LogP contribution is -2.30. The second-order valence-electron chi connectivity index (χ2n) is 7.69. The molecule has 0 saturated heterocycles. The highest BCUT2D eigenvalue weighted by Gasteiger charge is 2.29. The molecule has 2 aromatic carbocycles. The van der Waals surface area contributed by atoms with Gasteiger partial charge in [0.15, 0.2) is 0 Å². The van der Waals surface area contributed by atoms with Gasteiger partial charge in [-0.25, -0.2) is 5.43 Å². The van der Waals surface area contributed by atoms with Crippen molar-refractivity contribution in [2.75, 3.05) is 0 Å². The van der Waals surface area contributed by atoms with Gasteiger partial charge < -0.3 is 5.11 Å². The second-order valence-corrected chi connectivity index (χ2v) is 7.69. The number of hydrazone groups is 1. The first-order chi connectivity index (χ1) is 11.3. The van der Waals surface area contributed by atoms with E-state index < -0.39 is 0 Å². The van der Waals surface area contributed by atoms with E-state index in [2.05, 4.69) is 31.3 Å². The monoisotopic (exact) mass is 324 g/mol. The number of hydrogen-bond acceptors (Lipinski definition) is 3. The van der Waals surface area contributed by atoms with Crippen LogP contribution >= 0.6 is 0 Å². The number of carbonyl (C=O) groups excluding carboxylic acids is 1. The Balaban J connectivity index is 1.80. The van der Waals surface area contributed by atoms with Crippen LogP contribution in [0.1, 0.15) is 50.4 Å². The smallest absolute Gasteiger partial charge is 0.275 e. The van der Waals surface area contributed by atoms with Crippen molar-refractivity contribution in [1.29, 1.82) is 0 Å². The predicted molar refractivity (Wildman–Crippen MR) is 97.3 cm³/mol. The number of rotatable bonds is 2. The SMILES string of the molecule is CC1CC(=NNC(=O)c2cc3ccccc3cc2O)CC(C)(C)C1. The fourth-order valence-electron chi connectivity index (χ4n) is 3.80.